The van der Waals surface area contributed by atoms with Crippen molar-refractivity contribution in [2.24, 2.45) is 0 Å². The number of nitrogens with zero attached hydrogens (tertiary/aromatic N) is 2. The maximum absolute atomic E-state index is 13.6. The number of carbonyl (C=O) groups is 3. The molecule has 0 spiro atoms. The number of nitrogens with one attached hydrogen (secondary N) is 2. The number of sulfonamides is 1. The van der Waals surface area contributed by atoms with Gasteiger partial charge in [0.25, 0.3) is 5.91 Å². The first kappa shape index (κ1) is 29.3. The van der Waals surface area contributed by atoms with Crippen LogP contribution in [0, 0.1) is 6.92 Å². The zero-order chi connectivity index (χ0) is 29.0. The summed E-state index contributed by atoms with van der Waals surface area (Å²) >= 11 is 0. The third kappa shape index (κ3) is 6.53. The molecule has 2 aromatic carbocycles. The number of carbonyl (C=O) groups excluding carboxylic acids is 2. The summed E-state index contributed by atoms with van der Waals surface area (Å²) in [4.78, 5) is 36.9. The molecule has 1 saturated heterocycles. The molecule has 3 aromatic rings. The first-order valence-corrected chi connectivity index (χ1v) is 15.1. The molecular formula is C29H36N4O6S. The van der Waals surface area contributed by atoms with E-state index in [1.807, 2.05) is 35.9 Å². The number of fused-ring (bicyclic) bond motifs is 1. The molecule has 0 saturated carbocycles. The van der Waals surface area contributed by atoms with Crippen molar-refractivity contribution >= 4 is 44.4 Å². The number of anilines is 1. The van der Waals surface area contributed by atoms with Crippen LogP contribution in [0.4, 0.5) is 5.69 Å². The van der Waals surface area contributed by atoms with Crippen LogP contribution in [0.25, 0.3) is 10.9 Å². The Bertz CT molecular complexity index is 1550. The first-order valence-electron chi connectivity index (χ1n) is 13.5. The van der Waals surface area contributed by atoms with Crippen LogP contribution >= 0.6 is 0 Å². The van der Waals surface area contributed by atoms with Crippen molar-refractivity contribution in [1.82, 2.24) is 14.2 Å². The number of aryl methyl sites for hydroxylation is 2. The van der Waals surface area contributed by atoms with Crippen LogP contribution in [0.5, 0.6) is 0 Å². The summed E-state index contributed by atoms with van der Waals surface area (Å²) in [6.45, 7) is 4.39. The van der Waals surface area contributed by atoms with E-state index in [0.717, 1.165) is 34.0 Å². The Labute approximate surface area is 234 Å². The highest BCUT2D eigenvalue weighted by Gasteiger charge is 2.26. The minimum Gasteiger partial charge on any atom is -0.481 e. The predicted molar refractivity (Wildman–Crippen MR) is 154 cm³/mol. The fourth-order valence-corrected chi connectivity index (χ4v) is 6.68. The average molecular weight is 569 g/mol. The first-order chi connectivity index (χ1) is 19.0. The van der Waals surface area contributed by atoms with E-state index >= 15 is 0 Å². The van der Waals surface area contributed by atoms with Crippen LogP contribution in [0.2, 0.25) is 0 Å². The molecule has 1 aromatic heterocycles. The zero-order valence-electron chi connectivity index (χ0n) is 23.1. The standard InChI is InChI=1S/C29H36N4O6S/c1-19-17-33(26-16-23(29(37)30-3)11-12-24(19)26)20(2)28(36)31-25-15-21(9-10-22(25)7-6-8-27(34)35)18-32-13-4-5-14-40(32,38)39/h9-12,15-17,20H,4-8,13-14,18H2,1-3H3,(H,30,37)(H,31,36)(H,34,35). The molecule has 0 bridgehead atoms. The van der Waals surface area contributed by atoms with E-state index in [-0.39, 0.29) is 30.5 Å². The number of aliphatic carboxylic acids is 1. The lowest BCUT2D eigenvalue weighted by molar-refractivity contribution is -0.137. The van der Waals surface area contributed by atoms with E-state index in [0.29, 0.717) is 37.1 Å². The van der Waals surface area contributed by atoms with Gasteiger partial charge in [0.15, 0.2) is 0 Å². The predicted octanol–water partition coefficient (Wildman–Crippen LogP) is 3.84. The Balaban J connectivity index is 1.62. The summed E-state index contributed by atoms with van der Waals surface area (Å²) in [6.07, 6.45) is 4.18. The van der Waals surface area contributed by atoms with Gasteiger partial charge in [0, 0.05) is 54.9 Å². The molecule has 4 rings (SSSR count). The van der Waals surface area contributed by atoms with Gasteiger partial charge in [-0.2, -0.15) is 4.31 Å². The SMILES string of the molecule is CNC(=O)c1ccc2c(C)cn(C(C)C(=O)Nc3cc(CN4CCCCS4(=O)=O)ccc3CCCC(=O)O)c2c1. The van der Waals surface area contributed by atoms with Gasteiger partial charge in [0.1, 0.15) is 6.04 Å². The largest absolute Gasteiger partial charge is 0.481 e. The maximum atomic E-state index is 13.6. The Morgan fingerprint density at radius 3 is 2.58 bits per heavy atom. The van der Waals surface area contributed by atoms with Crippen LogP contribution in [0.1, 0.15) is 65.7 Å². The molecule has 11 heteroatoms. The fourth-order valence-electron chi connectivity index (χ4n) is 5.10. The van der Waals surface area contributed by atoms with Crippen LogP contribution in [0.3, 0.4) is 0 Å². The minimum atomic E-state index is -3.32. The normalized spacial score (nSPS) is 16.0. The van der Waals surface area contributed by atoms with Crippen LogP contribution in [-0.2, 0) is 32.6 Å². The highest BCUT2D eigenvalue weighted by atomic mass is 32.2. The van der Waals surface area contributed by atoms with Gasteiger partial charge in [-0.25, -0.2) is 8.42 Å². The molecule has 40 heavy (non-hydrogen) atoms. The summed E-state index contributed by atoms with van der Waals surface area (Å²) in [5.41, 5.74) is 4.27. The smallest absolute Gasteiger partial charge is 0.303 e. The third-order valence-corrected chi connectivity index (χ3v) is 9.30. The van der Waals surface area contributed by atoms with E-state index in [9.17, 15) is 22.8 Å². The highest BCUT2D eigenvalue weighted by Crippen LogP contribution is 2.28. The number of rotatable bonds is 10. The van der Waals surface area contributed by atoms with Gasteiger partial charge in [-0.1, -0.05) is 18.2 Å². The molecule has 1 unspecified atom stereocenters. The molecule has 1 aliphatic heterocycles. The summed E-state index contributed by atoms with van der Waals surface area (Å²) in [7, 11) is -1.76. The number of aromatic nitrogens is 1. The van der Waals surface area contributed by atoms with Gasteiger partial charge in [0.2, 0.25) is 15.9 Å². The Morgan fingerprint density at radius 2 is 1.88 bits per heavy atom. The maximum Gasteiger partial charge on any atom is 0.303 e. The lowest BCUT2D eigenvalue weighted by atomic mass is 10.0. The number of hydrogen-bond acceptors (Lipinski definition) is 5. The van der Waals surface area contributed by atoms with E-state index in [4.69, 9.17) is 5.11 Å². The number of hydrogen-bond donors (Lipinski definition) is 3. The monoisotopic (exact) mass is 568 g/mol. The molecule has 1 aliphatic rings. The Morgan fingerprint density at radius 1 is 1.10 bits per heavy atom. The van der Waals surface area contributed by atoms with Gasteiger partial charge in [-0.15, -0.1) is 0 Å². The quantitative estimate of drug-likeness (QED) is 0.340. The van der Waals surface area contributed by atoms with E-state index < -0.39 is 22.0 Å². The van der Waals surface area contributed by atoms with E-state index in [2.05, 4.69) is 10.6 Å². The molecule has 2 amide bonds. The molecular weight excluding hydrogens is 532 g/mol. The Kier molecular flexibility index (Phi) is 8.95. The van der Waals surface area contributed by atoms with Gasteiger partial charge in [-0.3, -0.25) is 14.4 Å². The summed E-state index contributed by atoms with van der Waals surface area (Å²) in [5.74, 6) is -1.27. The summed E-state index contributed by atoms with van der Waals surface area (Å²) in [5, 5.41) is 15.6. The fraction of sp³-hybridized carbons (Fsp3) is 0.414. The van der Waals surface area contributed by atoms with Gasteiger partial charge >= 0.3 is 5.97 Å². The van der Waals surface area contributed by atoms with Crippen molar-refractivity contribution in [3.63, 3.8) is 0 Å². The number of carboxylic acid groups (broad SMARTS) is 1. The summed E-state index contributed by atoms with van der Waals surface area (Å²) < 4.78 is 28.4. The van der Waals surface area contributed by atoms with Crippen LogP contribution in [-0.4, -0.2) is 59.5 Å². The average Bonchev–Trinajstić information content (AvgIpc) is 3.25. The molecule has 3 N–H and O–H groups in total. The second-order valence-corrected chi connectivity index (χ2v) is 12.4. The Hall–Kier alpha value is -3.70. The number of amides is 2. The van der Waals surface area contributed by atoms with Gasteiger partial charge < -0.3 is 20.3 Å². The van der Waals surface area contributed by atoms with Gasteiger partial charge in [-0.05, 0) is 74.4 Å². The third-order valence-electron chi connectivity index (χ3n) is 7.40. The van der Waals surface area contributed by atoms with Crippen molar-refractivity contribution < 1.29 is 27.9 Å². The van der Waals surface area contributed by atoms with Crippen molar-refractivity contribution in [3.8, 4) is 0 Å². The minimum absolute atomic E-state index is 0.000133. The molecule has 0 aliphatic carbocycles. The molecule has 1 atom stereocenters. The molecule has 2 heterocycles. The number of carboxylic acids is 1. The van der Waals surface area contributed by atoms with Crippen molar-refractivity contribution in [2.75, 3.05) is 24.7 Å². The topological polar surface area (TPSA) is 138 Å². The molecule has 214 valence electrons. The van der Waals surface area contributed by atoms with E-state index in [1.54, 1.807) is 32.2 Å². The van der Waals surface area contributed by atoms with Gasteiger partial charge in [0.05, 0.1) is 5.75 Å². The van der Waals surface area contributed by atoms with E-state index in [1.165, 1.54) is 4.31 Å². The molecule has 10 nitrogen and oxygen atoms in total. The van der Waals surface area contributed by atoms with Crippen molar-refractivity contribution in [1.29, 1.82) is 0 Å². The van der Waals surface area contributed by atoms with Crippen LogP contribution < -0.4 is 10.6 Å². The second-order valence-electron chi connectivity index (χ2n) is 10.3. The number of benzene rings is 2. The lowest BCUT2D eigenvalue weighted by Crippen LogP contribution is -2.37. The van der Waals surface area contributed by atoms with Crippen LogP contribution in [0.15, 0.2) is 42.6 Å². The summed E-state index contributed by atoms with van der Waals surface area (Å²) in [6, 6.07) is 10.2. The second kappa shape index (κ2) is 12.2. The van der Waals surface area contributed by atoms with Crippen molar-refractivity contribution in [2.45, 2.75) is 58.5 Å². The van der Waals surface area contributed by atoms with Crippen molar-refractivity contribution in [3.05, 3.63) is 64.8 Å². The highest BCUT2D eigenvalue weighted by molar-refractivity contribution is 7.89. The lowest BCUT2D eigenvalue weighted by Gasteiger charge is -2.26. The zero-order valence-corrected chi connectivity index (χ0v) is 23.9. The molecule has 1 fully saturated rings. The molecule has 0 radical (unpaired) electrons.